The van der Waals surface area contributed by atoms with Gasteiger partial charge in [-0.2, -0.15) is 5.10 Å². The zero-order valence-corrected chi connectivity index (χ0v) is 19.3. The third kappa shape index (κ3) is 6.37. The highest BCUT2D eigenvalue weighted by Gasteiger charge is 2.14. The van der Waals surface area contributed by atoms with Gasteiger partial charge in [0.25, 0.3) is 0 Å². The first-order chi connectivity index (χ1) is 16.1. The van der Waals surface area contributed by atoms with Gasteiger partial charge in [0, 0.05) is 24.5 Å². The maximum atomic E-state index is 13.5. The Morgan fingerprint density at radius 3 is 2.76 bits per heavy atom. The van der Waals surface area contributed by atoms with Crippen LogP contribution in [0.5, 0.6) is 0 Å². The molecule has 0 bridgehead atoms. The third-order valence-corrected chi connectivity index (χ3v) is 5.75. The summed E-state index contributed by atoms with van der Waals surface area (Å²) in [6.07, 6.45) is 6.92. The first-order valence-corrected chi connectivity index (χ1v) is 11.2. The highest BCUT2D eigenvalue weighted by Crippen LogP contribution is 2.25. The van der Waals surface area contributed by atoms with E-state index in [9.17, 15) is 4.39 Å². The Morgan fingerprint density at radius 2 is 2.09 bits per heavy atom. The maximum absolute atomic E-state index is 13.5. The van der Waals surface area contributed by atoms with Crippen molar-refractivity contribution in [2.75, 3.05) is 32.0 Å². The Kier molecular flexibility index (Phi) is 8.92. The molecule has 1 saturated heterocycles. The van der Waals surface area contributed by atoms with E-state index in [1.165, 1.54) is 19.5 Å². The number of nitrogens with one attached hydrogen (secondary N) is 2. The molecule has 0 aliphatic carbocycles. The second-order valence-electron chi connectivity index (χ2n) is 7.97. The number of allylic oxidation sites excluding steroid dienone is 1. The van der Waals surface area contributed by atoms with Crippen LogP contribution < -0.4 is 16.4 Å². The second-order valence-corrected chi connectivity index (χ2v) is 7.97. The van der Waals surface area contributed by atoms with Gasteiger partial charge in [0.15, 0.2) is 5.82 Å². The van der Waals surface area contributed by atoms with Crippen molar-refractivity contribution in [1.29, 1.82) is 0 Å². The molecule has 3 aromatic rings. The lowest BCUT2D eigenvalue weighted by molar-refractivity contribution is 0.615. The van der Waals surface area contributed by atoms with E-state index >= 15 is 0 Å². The molecular formula is C26H33FN6. The molecule has 174 valence electrons. The fraction of sp³-hybridized carbons (Fsp3) is 0.308. The molecule has 2 aromatic carbocycles. The third-order valence-electron chi connectivity index (χ3n) is 5.75. The molecule has 6 nitrogen and oxygen atoms in total. The van der Waals surface area contributed by atoms with Crippen LogP contribution in [-0.2, 0) is 0 Å². The van der Waals surface area contributed by atoms with Crippen molar-refractivity contribution in [1.82, 2.24) is 15.0 Å². The fourth-order valence-electron chi connectivity index (χ4n) is 3.86. The molecule has 1 unspecified atom stereocenters. The molecule has 0 amide bonds. The SMILES string of the molecule is C=Nn1c(-c2ccc(NC[C@@H]3CCNC3)cc2)cnc1/C=C\C(C)c1cccc(F)c1.CN. The van der Waals surface area contributed by atoms with Crippen LogP contribution in [0.4, 0.5) is 10.1 Å². The minimum atomic E-state index is -0.229. The lowest BCUT2D eigenvalue weighted by Gasteiger charge is -2.12. The summed E-state index contributed by atoms with van der Waals surface area (Å²) >= 11 is 0. The number of rotatable bonds is 8. The standard InChI is InChI=1S/C25H28FN5.CH5N/c1-18(21-4-3-5-22(26)14-21)6-11-25-30-17-24(31(25)27-2)20-7-9-23(10-8-20)29-16-19-12-13-28-15-19;1-2/h3-11,14,17-19,28-29H,2,12-13,15-16H2,1H3;2H2,1H3/b11-6-;/t18?,19-;/m1./s1. The normalized spacial score (nSPS) is 16.3. The van der Waals surface area contributed by atoms with Gasteiger partial charge >= 0.3 is 0 Å². The average molecular weight is 449 g/mol. The second kappa shape index (κ2) is 12.1. The van der Waals surface area contributed by atoms with Gasteiger partial charge in [-0.15, -0.1) is 0 Å². The van der Waals surface area contributed by atoms with E-state index in [0.29, 0.717) is 11.7 Å². The first-order valence-electron chi connectivity index (χ1n) is 11.2. The fourth-order valence-corrected chi connectivity index (χ4v) is 3.86. The van der Waals surface area contributed by atoms with Crippen molar-refractivity contribution in [3.8, 4) is 11.3 Å². The van der Waals surface area contributed by atoms with Gasteiger partial charge in [-0.05, 0) is 74.3 Å². The Balaban J connectivity index is 0.00000149. The Hall–Kier alpha value is -3.29. The van der Waals surface area contributed by atoms with E-state index in [1.54, 1.807) is 23.0 Å². The van der Waals surface area contributed by atoms with E-state index in [4.69, 9.17) is 0 Å². The van der Waals surface area contributed by atoms with E-state index < -0.39 is 0 Å². The number of hydrogen-bond donors (Lipinski definition) is 3. The highest BCUT2D eigenvalue weighted by molar-refractivity contribution is 5.65. The van der Waals surface area contributed by atoms with Crippen molar-refractivity contribution in [2.24, 2.45) is 16.8 Å². The number of nitrogens with two attached hydrogens (primary N) is 1. The molecular weight excluding hydrogens is 415 g/mol. The molecule has 0 saturated carbocycles. The Morgan fingerprint density at radius 1 is 1.30 bits per heavy atom. The molecule has 4 rings (SSSR count). The lowest BCUT2D eigenvalue weighted by atomic mass is 10.0. The van der Waals surface area contributed by atoms with Gasteiger partial charge in [0.05, 0.1) is 11.9 Å². The summed E-state index contributed by atoms with van der Waals surface area (Å²) in [7, 11) is 1.50. The molecule has 0 spiro atoms. The number of anilines is 1. The van der Waals surface area contributed by atoms with Crippen molar-refractivity contribution >= 4 is 18.5 Å². The lowest BCUT2D eigenvalue weighted by Crippen LogP contribution is -2.17. The van der Waals surface area contributed by atoms with E-state index in [-0.39, 0.29) is 11.7 Å². The van der Waals surface area contributed by atoms with Gasteiger partial charge in [0.2, 0.25) is 0 Å². The number of aromatic nitrogens is 2. The molecule has 1 aliphatic heterocycles. The molecule has 1 aliphatic rings. The quantitative estimate of drug-likeness (QED) is 0.441. The van der Waals surface area contributed by atoms with Gasteiger partial charge < -0.3 is 16.4 Å². The van der Waals surface area contributed by atoms with Crippen LogP contribution in [0.3, 0.4) is 0 Å². The van der Waals surface area contributed by atoms with Crippen LogP contribution in [0, 0.1) is 11.7 Å². The van der Waals surface area contributed by atoms with Crippen molar-refractivity contribution in [2.45, 2.75) is 19.3 Å². The zero-order valence-electron chi connectivity index (χ0n) is 19.3. The van der Waals surface area contributed by atoms with Crippen LogP contribution in [0.25, 0.3) is 17.3 Å². The molecule has 2 atom stereocenters. The van der Waals surface area contributed by atoms with E-state index in [1.807, 2.05) is 25.1 Å². The first kappa shape index (κ1) is 24.4. The predicted octanol–water partition coefficient (Wildman–Crippen LogP) is 4.57. The average Bonchev–Trinajstić information content (AvgIpc) is 3.52. The summed E-state index contributed by atoms with van der Waals surface area (Å²) in [5, 5.41) is 11.1. The summed E-state index contributed by atoms with van der Waals surface area (Å²) in [6, 6.07) is 14.9. The minimum Gasteiger partial charge on any atom is -0.385 e. The molecule has 4 N–H and O–H groups in total. The summed E-state index contributed by atoms with van der Waals surface area (Å²) in [4.78, 5) is 4.50. The highest BCUT2D eigenvalue weighted by atomic mass is 19.1. The molecule has 2 heterocycles. The summed E-state index contributed by atoms with van der Waals surface area (Å²) in [5.41, 5.74) is 8.42. The molecule has 0 radical (unpaired) electrons. The molecule has 1 fully saturated rings. The topological polar surface area (TPSA) is 80.3 Å². The molecule has 33 heavy (non-hydrogen) atoms. The van der Waals surface area contributed by atoms with Gasteiger partial charge in [-0.25, -0.2) is 14.1 Å². The van der Waals surface area contributed by atoms with Crippen molar-refractivity contribution in [3.63, 3.8) is 0 Å². The number of benzene rings is 2. The van der Waals surface area contributed by atoms with Crippen LogP contribution in [-0.4, -0.2) is 43.1 Å². The summed E-state index contributed by atoms with van der Waals surface area (Å²) in [5.74, 6) is 1.20. The van der Waals surface area contributed by atoms with Gasteiger partial charge in [-0.3, -0.25) is 0 Å². The van der Waals surface area contributed by atoms with Crippen molar-refractivity contribution < 1.29 is 4.39 Å². The van der Waals surface area contributed by atoms with Crippen LogP contribution in [0.15, 0.2) is 65.9 Å². The summed E-state index contributed by atoms with van der Waals surface area (Å²) < 4.78 is 15.2. The van der Waals surface area contributed by atoms with Crippen molar-refractivity contribution in [3.05, 3.63) is 78.0 Å². The Labute approximate surface area is 195 Å². The largest absolute Gasteiger partial charge is 0.385 e. The Bertz CT molecular complexity index is 1050. The van der Waals surface area contributed by atoms with Gasteiger partial charge in [0.1, 0.15) is 5.82 Å². The van der Waals surface area contributed by atoms with Crippen LogP contribution in [0.2, 0.25) is 0 Å². The van der Waals surface area contributed by atoms with E-state index in [2.05, 4.69) is 57.4 Å². The number of halogens is 1. The predicted molar refractivity (Wildman–Crippen MR) is 136 cm³/mol. The smallest absolute Gasteiger partial charge is 0.153 e. The number of hydrogen-bond acceptors (Lipinski definition) is 5. The molecule has 7 heteroatoms. The summed E-state index contributed by atoms with van der Waals surface area (Å²) in [6.45, 7) is 8.91. The minimum absolute atomic E-state index is 0.0505. The van der Waals surface area contributed by atoms with Gasteiger partial charge in [-0.1, -0.05) is 37.3 Å². The van der Waals surface area contributed by atoms with Crippen LogP contribution in [0.1, 0.15) is 30.7 Å². The molecule has 1 aromatic heterocycles. The zero-order chi connectivity index (χ0) is 23.6. The monoisotopic (exact) mass is 448 g/mol. The van der Waals surface area contributed by atoms with Crippen LogP contribution >= 0.6 is 0 Å². The maximum Gasteiger partial charge on any atom is 0.153 e. The number of imidazole rings is 1. The number of nitrogens with zero attached hydrogens (tertiary/aromatic N) is 3. The van der Waals surface area contributed by atoms with E-state index in [0.717, 1.165) is 42.1 Å².